The number of hydrogen-bond acceptors (Lipinski definition) is 2. The van der Waals surface area contributed by atoms with Crippen molar-refractivity contribution in [3.63, 3.8) is 0 Å². The molecule has 0 spiro atoms. The minimum absolute atomic E-state index is 0.0536. The summed E-state index contributed by atoms with van der Waals surface area (Å²) in [6.07, 6.45) is 1.65. The van der Waals surface area contributed by atoms with E-state index in [1.54, 1.807) is 6.20 Å². The highest BCUT2D eigenvalue weighted by Crippen LogP contribution is 2.16. The predicted molar refractivity (Wildman–Crippen MR) is 54.9 cm³/mol. The minimum atomic E-state index is -0.526. The minimum Gasteiger partial charge on any atom is -0.350 e. The normalized spacial score (nSPS) is 11.4. The van der Waals surface area contributed by atoms with Crippen molar-refractivity contribution in [2.75, 3.05) is 5.88 Å². The highest BCUT2D eigenvalue weighted by atomic mass is 35.5. The van der Waals surface area contributed by atoms with E-state index in [2.05, 4.69) is 15.5 Å². The SMILES string of the molecule is CC(C)(CCl)C(=O)NCc1ccn[nH]1. The lowest BCUT2D eigenvalue weighted by molar-refractivity contribution is -0.128. The molecule has 4 nitrogen and oxygen atoms in total. The van der Waals surface area contributed by atoms with E-state index in [0.29, 0.717) is 12.4 Å². The van der Waals surface area contributed by atoms with Gasteiger partial charge in [0.15, 0.2) is 0 Å². The van der Waals surface area contributed by atoms with Gasteiger partial charge < -0.3 is 5.32 Å². The summed E-state index contributed by atoms with van der Waals surface area (Å²) in [6.45, 7) is 4.07. The van der Waals surface area contributed by atoms with Crippen molar-refractivity contribution >= 4 is 17.5 Å². The molecule has 0 fully saturated rings. The molecule has 1 aromatic rings. The number of aromatic nitrogens is 2. The molecule has 0 radical (unpaired) electrons. The van der Waals surface area contributed by atoms with Crippen LogP contribution in [0.3, 0.4) is 0 Å². The maximum Gasteiger partial charge on any atom is 0.227 e. The van der Waals surface area contributed by atoms with E-state index in [9.17, 15) is 4.79 Å². The van der Waals surface area contributed by atoms with Gasteiger partial charge in [-0.3, -0.25) is 9.89 Å². The molecule has 0 atom stereocenters. The molecule has 78 valence electrons. The fourth-order valence-electron chi connectivity index (χ4n) is 0.859. The summed E-state index contributed by atoms with van der Waals surface area (Å²) in [7, 11) is 0. The van der Waals surface area contributed by atoms with Crippen LogP contribution in [0.1, 0.15) is 19.5 Å². The van der Waals surface area contributed by atoms with Gasteiger partial charge in [0.05, 0.1) is 17.7 Å². The van der Waals surface area contributed by atoms with E-state index in [4.69, 9.17) is 11.6 Å². The molecule has 1 rings (SSSR count). The second-order valence-electron chi connectivity index (χ2n) is 3.78. The molecule has 14 heavy (non-hydrogen) atoms. The van der Waals surface area contributed by atoms with Crippen LogP contribution in [0.4, 0.5) is 0 Å². The largest absolute Gasteiger partial charge is 0.350 e. The van der Waals surface area contributed by atoms with Gasteiger partial charge >= 0.3 is 0 Å². The summed E-state index contributed by atoms with van der Waals surface area (Å²) < 4.78 is 0. The number of carbonyl (C=O) groups excluding carboxylic acids is 1. The number of aromatic amines is 1. The van der Waals surface area contributed by atoms with E-state index in [1.807, 2.05) is 19.9 Å². The third kappa shape index (κ3) is 2.73. The molecule has 1 aromatic heterocycles. The quantitative estimate of drug-likeness (QED) is 0.744. The molecule has 5 heteroatoms. The Kier molecular flexibility index (Phi) is 3.52. The zero-order valence-electron chi connectivity index (χ0n) is 8.30. The molecule has 0 aromatic carbocycles. The standard InChI is InChI=1S/C9H14ClN3O/c1-9(2,6-10)8(14)11-5-7-3-4-12-13-7/h3-4H,5-6H2,1-2H3,(H,11,14)(H,12,13). The fraction of sp³-hybridized carbons (Fsp3) is 0.556. The van der Waals surface area contributed by atoms with Crippen molar-refractivity contribution in [2.45, 2.75) is 20.4 Å². The number of amides is 1. The van der Waals surface area contributed by atoms with Crippen LogP contribution in [-0.2, 0) is 11.3 Å². The molecular weight excluding hydrogens is 202 g/mol. The first-order valence-corrected chi connectivity index (χ1v) is 4.92. The van der Waals surface area contributed by atoms with E-state index < -0.39 is 5.41 Å². The Morgan fingerprint density at radius 1 is 1.71 bits per heavy atom. The number of nitrogens with zero attached hydrogens (tertiary/aromatic N) is 1. The molecule has 1 heterocycles. The second-order valence-corrected chi connectivity index (χ2v) is 4.05. The molecule has 2 N–H and O–H groups in total. The topological polar surface area (TPSA) is 57.8 Å². The molecule has 0 aliphatic carbocycles. The Balaban J connectivity index is 2.43. The summed E-state index contributed by atoms with van der Waals surface area (Å²) in [5.41, 5.74) is 0.352. The first-order valence-electron chi connectivity index (χ1n) is 4.39. The third-order valence-corrected chi connectivity index (χ3v) is 2.61. The van der Waals surface area contributed by atoms with Crippen LogP contribution in [0.5, 0.6) is 0 Å². The average Bonchev–Trinajstić information content (AvgIpc) is 2.66. The zero-order valence-corrected chi connectivity index (χ0v) is 9.06. The highest BCUT2D eigenvalue weighted by molar-refractivity contribution is 6.19. The fourth-order valence-corrected chi connectivity index (χ4v) is 0.980. The molecule has 0 aliphatic rings. The first-order chi connectivity index (χ1) is 6.56. The Morgan fingerprint density at radius 3 is 2.93 bits per heavy atom. The lowest BCUT2D eigenvalue weighted by atomic mass is 9.95. The lowest BCUT2D eigenvalue weighted by Gasteiger charge is -2.19. The Labute approximate surface area is 88.0 Å². The number of carbonyl (C=O) groups is 1. The van der Waals surface area contributed by atoms with Gasteiger partial charge in [0, 0.05) is 12.1 Å². The maximum absolute atomic E-state index is 11.6. The summed E-state index contributed by atoms with van der Waals surface area (Å²) in [5.74, 6) is 0.254. The van der Waals surface area contributed by atoms with Gasteiger partial charge in [0.25, 0.3) is 0 Å². The smallest absolute Gasteiger partial charge is 0.227 e. The van der Waals surface area contributed by atoms with Crippen molar-refractivity contribution < 1.29 is 4.79 Å². The zero-order chi connectivity index (χ0) is 10.6. The summed E-state index contributed by atoms with van der Waals surface area (Å²) in [5, 5.41) is 9.33. The molecule has 0 aliphatic heterocycles. The summed E-state index contributed by atoms with van der Waals surface area (Å²) in [4.78, 5) is 11.6. The highest BCUT2D eigenvalue weighted by Gasteiger charge is 2.25. The number of halogens is 1. The molecular formula is C9H14ClN3O. The monoisotopic (exact) mass is 215 g/mol. The van der Waals surface area contributed by atoms with E-state index in [0.717, 1.165) is 5.69 Å². The van der Waals surface area contributed by atoms with E-state index in [1.165, 1.54) is 0 Å². The van der Waals surface area contributed by atoms with Crippen LogP contribution < -0.4 is 5.32 Å². The number of nitrogens with one attached hydrogen (secondary N) is 2. The van der Waals surface area contributed by atoms with Crippen molar-refractivity contribution in [3.05, 3.63) is 18.0 Å². The van der Waals surface area contributed by atoms with Gasteiger partial charge in [-0.1, -0.05) is 0 Å². The molecule has 0 bridgehead atoms. The van der Waals surface area contributed by atoms with Gasteiger partial charge in [-0.25, -0.2) is 0 Å². The Bertz CT molecular complexity index is 295. The van der Waals surface area contributed by atoms with Crippen LogP contribution in [0.2, 0.25) is 0 Å². The van der Waals surface area contributed by atoms with Gasteiger partial charge in [0.2, 0.25) is 5.91 Å². The third-order valence-electron chi connectivity index (χ3n) is 1.95. The average molecular weight is 216 g/mol. The number of H-pyrrole nitrogens is 1. The maximum atomic E-state index is 11.6. The van der Waals surface area contributed by atoms with Crippen molar-refractivity contribution in [1.29, 1.82) is 0 Å². The van der Waals surface area contributed by atoms with Gasteiger partial charge in [0.1, 0.15) is 0 Å². The van der Waals surface area contributed by atoms with Crippen LogP contribution in [0.25, 0.3) is 0 Å². The summed E-state index contributed by atoms with van der Waals surface area (Å²) in [6, 6.07) is 1.81. The van der Waals surface area contributed by atoms with Gasteiger partial charge in [-0.05, 0) is 19.9 Å². The van der Waals surface area contributed by atoms with E-state index in [-0.39, 0.29) is 5.91 Å². The van der Waals surface area contributed by atoms with Crippen molar-refractivity contribution in [1.82, 2.24) is 15.5 Å². The summed E-state index contributed by atoms with van der Waals surface area (Å²) >= 11 is 5.67. The van der Waals surface area contributed by atoms with Gasteiger partial charge in [-0.2, -0.15) is 5.10 Å². The van der Waals surface area contributed by atoms with Crippen LogP contribution in [0, 0.1) is 5.41 Å². The van der Waals surface area contributed by atoms with Crippen LogP contribution in [0.15, 0.2) is 12.3 Å². The lowest BCUT2D eigenvalue weighted by Crippen LogP contribution is -2.37. The molecule has 0 saturated carbocycles. The molecule has 0 saturated heterocycles. The number of rotatable bonds is 4. The Morgan fingerprint density at radius 2 is 2.43 bits per heavy atom. The molecule has 1 amide bonds. The van der Waals surface area contributed by atoms with Crippen molar-refractivity contribution in [3.8, 4) is 0 Å². The molecule has 0 unspecified atom stereocenters. The van der Waals surface area contributed by atoms with E-state index >= 15 is 0 Å². The number of alkyl halides is 1. The second kappa shape index (κ2) is 4.46. The predicted octanol–water partition coefficient (Wildman–Crippen LogP) is 1.29. The van der Waals surface area contributed by atoms with Crippen LogP contribution in [-0.4, -0.2) is 22.0 Å². The van der Waals surface area contributed by atoms with Crippen LogP contribution >= 0.6 is 11.6 Å². The number of hydrogen-bond donors (Lipinski definition) is 2. The van der Waals surface area contributed by atoms with Gasteiger partial charge in [-0.15, -0.1) is 11.6 Å². The van der Waals surface area contributed by atoms with Crippen molar-refractivity contribution in [2.24, 2.45) is 5.41 Å². The Hall–Kier alpha value is -1.03. The first kappa shape index (κ1) is 11.0.